The summed E-state index contributed by atoms with van der Waals surface area (Å²) in [5.41, 5.74) is 2.55. The van der Waals surface area contributed by atoms with Gasteiger partial charge < -0.3 is 19.8 Å². The summed E-state index contributed by atoms with van der Waals surface area (Å²) in [6.45, 7) is 11.2. The van der Waals surface area contributed by atoms with E-state index in [1.165, 1.54) is 12.4 Å². The second-order valence-corrected chi connectivity index (χ2v) is 7.43. The van der Waals surface area contributed by atoms with Gasteiger partial charge in [0.05, 0.1) is 19.0 Å². The number of piperidine rings is 1. The van der Waals surface area contributed by atoms with Crippen LogP contribution in [-0.2, 0) is 0 Å². The van der Waals surface area contributed by atoms with E-state index in [-0.39, 0.29) is 11.7 Å². The Morgan fingerprint density at radius 2 is 2.16 bits per heavy atom. The minimum Gasteiger partial charge on any atom is -0.496 e. The van der Waals surface area contributed by atoms with Gasteiger partial charge in [-0.1, -0.05) is 19.6 Å². The Morgan fingerprint density at radius 1 is 1.29 bits per heavy atom. The molecule has 1 aromatic carbocycles. The molecule has 0 saturated carbocycles. The van der Waals surface area contributed by atoms with Crippen molar-refractivity contribution < 1.29 is 9.13 Å². The monoisotopic (exact) mass is 421 g/mol. The van der Waals surface area contributed by atoms with Crippen LogP contribution in [-0.4, -0.2) is 58.0 Å². The highest BCUT2D eigenvalue weighted by atomic mass is 19.1. The van der Waals surface area contributed by atoms with Crippen LogP contribution >= 0.6 is 0 Å². The van der Waals surface area contributed by atoms with Crippen molar-refractivity contribution in [2.24, 2.45) is 0 Å². The van der Waals surface area contributed by atoms with Crippen molar-refractivity contribution in [1.29, 1.82) is 0 Å². The van der Waals surface area contributed by atoms with E-state index in [9.17, 15) is 4.39 Å². The summed E-state index contributed by atoms with van der Waals surface area (Å²) in [5, 5.41) is 10.3. The number of rotatable bonds is 6. The zero-order valence-corrected chi connectivity index (χ0v) is 17.5. The van der Waals surface area contributed by atoms with Crippen LogP contribution in [0.4, 0.5) is 21.8 Å². The van der Waals surface area contributed by atoms with Gasteiger partial charge in [-0.3, -0.25) is 5.10 Å². The SMILES string of the molecule is [C-]#[N+]c1cnc(Nc2cc(-c3ccc(C4CCN(CC)CC4F)cc3OC)[nH]n2)cn1. The molecule has 0 bridgehead atoms. The fourth-order valence-corrected chi connectivity index (χ4v) is 3.89. The number of anilines is 2. The Labute approximate surface area is 180 Å². The van der Waals surface area contributed by atoms with Gasteiger partial charge in [-0.25, -0.2) is 9.37 Å². The standard InChI is InChI=1S/C22H24FN7O/c1-4-30-8-7-15(17(23)13-30)14-5-6-16(19(9-14)31-3)18-10-20(29-28-18)27-22-12-25-21(24-2)11-26-22/h5-6,9-12,15,17H,4,7-8,13H2,1,3H3,(H2,26,27,28,29). The predicted octanol–water partition coefficient (Wildman–Crippen LogP) is 4.32. The fourth-order valence-electron chi connectivity index (χ4n) is 3.89. The zero-order chi connectivity index (χ0) is 21.8. The van der Waals surface area contributed by atoms with Crippen molar-refractivity contribution in [3.8, 4) is 17.0 Å². The van der Waals surface area contributed by atoms with Gasteiger partial charge in [-0.2, -0.15) is 5.10 Å². The van der Waals surface area contributed by atoms with Crippen LogP contribution in [0.25, 0.3) is 16.1 Å². The number of halogens is 1. The lowest BCUT2D eigenvalue weighted by Gasteiger charge is -2.34. The summed E-state index contributed by atoms with van der Waals surface area (Å²) in [6.07, 6.45) is 2.79. The number of hydrogen-bond donors (Lipinski definition) is 2. The molecule has 4 rings (SSSR count). The predicted molar refractivity (Wildman–Crippen MR) is 117 cm³/mol. The highest BCUT2D eigenvalue weighted by Crippen LogP contribution is 2.37. The molecule has 2 unspecified atom stereocenters. The van der Waals surface area contributed by atoms with Crippen LogP contribution in [0.2, 0.25) is 0 Å². The van der Waals surface area contributed by atoms with Crippen LogP contribution in [0.15, 0.2) is 36.7 Å². The Kier molecular flexibility index (Phi) is 6.09. The molecule has 0 spiro atoms. The first-order valence-electron chi connectivity index (χ1n) is 10.2. The third-order valence-electron chi connectivity index (χ3n) is 5.60. The van der Waals surface area contributed by atoms with Gasteiger partial charge in [0.15, 0.2) is 17.8 Å². The molecular formula is C22H24FN7O. The van der Waals surface area contributed by atoms with Gasteiger partial charge in [0.1, 0.15) is 11.9 Å². The second-order valence-electron chi connectivity index (χ2n) is 7.43. The van der Waals surface area contributed by atoms with E-state index in [0.717, 1.165) is 36.3 Å². The molecule has 160 valence electrons. The first-order valence-corrected chi connectivity index (χ1v) is 10.2. The number of likely N-dealkylation sites (tertiary alicyclic amines) is 1. The number of methoxy groups -OCH3 is 1. The lowest BCUT2D eigenvalue weighted by atomic mass is 9.87. The summed E-state index contributed by atoms with van der Waals surface area (Å²) in [6, 6.07) is 7.67. The van der Waals surface area contributed by atoms with Crippen molar-refractivity contribution in [2.75, 3.05) is 32.1 Å². The van der Waals surface area contributed by atoms with E-state index in [4.69, 9.17) is 11.3 Å². The van der Waals surface area contributed by atoms with Gasteiger partial charge in [0.25, 0.3) is 5.82 Å². The molecule has 0 radical (unpaired) electrons. The summed E-state index contributed by atoms with van der Waals surface area (Å²) in [5.74, 6) is 1.82. The second kappa shape index (κ2) is 9.10. The first-order chi connectivity index (χ1) is 15.1. The van der Waals surface area contributed by atoms with Crippen LogP contribution < -0.4 is 10.1 Å². The lowest BCUT2D eigenvalue weighted by Crippen LogP contribution is -2.40. The maximum absolute atomic E-state index is 14.8. The number of aromatic amines is 1. The fraction of sp³-hybridized carbons (Fsp3) is 0.364. The molecule has 1 fully saturated rings. The van der Waals surface area contributed by atoms with E-state index < -0.39 is 6.17 Å². The summed E-state index contributed by atoms with van der Waals surface area (Å²) in [4.78, 5) is 13.5. The van der Waals surface area contributed by atoms with Crippen molar-refractivity contribution >= 4 is 17.5 Å². The number of aromatic nitrogens is 4. The molecule has 0 aliphatic carbocycles. The number of nitrogens with one attached hydrogen (secondary N) is 2. The highest BCUT2D eigenvalue weighted by Gasteiger charge is 2.30. The van der Waals surface area contributed by atoms with Gasteiger partial charge in [0.2, 0.25) is 0 Å². The van der Waals surface area contributed by atoms with Crippen LogP contribution in [0.5, 0.6) is 5.75 Å². The number of hydrogen-bond acceptors (Lipinski definition) is 6. The zero-order valence-electron chi connectivity index (χ0n) is 17.5. The quantitative estimate of drug-likeness (QED) is 0.577. The molecule has 2 aromatic heterocycles. The summed E-state index contributed by atoms with van der Waals surface area (Å²) >= 11 is 0. The molecule has 9 heteroatoms. The topological polar surface area (TPSA) is 83.3 Å². The van der Waals surface area contributed by atoms with Gasteiger partial charge in [-0.15, -0.1) is 4.98 Å². The Balaban J connectivity index is 1.53. The van der Waals surface area contributed by atoms with E-state index in [1.54, 1.807) is 7.11 Å². The van der Waals surface area contributed by atoms with Crippen molar-refractivity contribution in [1.82, 2.24) is 25.1 Å². The number of H-pyrrole nitrogens is 1. The van der Waals surface area contributed by atoms with Crippen LogP contribution in [0.3, 0.4) is 0 Å². The van der Waals surface area contributed by atoms with Crippen LogP contribution in [0.1, 0.15) is 24.8 Å². The summed E-state index contributed by atoms with van der Waals surface area (Å²) in [7, 11) is 1.61. The Bertz CT molecular complexity index is 1080. The van der Waals surface area contributed by atoms with Crippen molar-refractivity contribution in [2.45, 2.75) is 25.4 Å². The maximum Gasteiger partial charge on any atom is 0.288 e. The molecule has 2 N–H and O–H groups in total. The third kappa shape index (κ3) is 4.49. The lowest BCUT2D eigenvalue weighted by molar-refractivity contribution is 0.122. The van der Waals surface area contributed by atoms with Gasteiger partial charge >= 0.3 is 0 Å². The molecule has 1 aliphatic heterocycles. The molecule has 3 heterocycles. The molecular weight excluding hydrogens is 397 g/mol. The number of nitrogens with zero attached hydrogens (tertiary/aromatic N) is 5. The largest absolute Gasteiger partial charge is 0.496 e. The number of alkyl halides is 1. The third-order valence-corrected chi connectivity index (χ3v) is 5.60. The van der Waals surface area contributed by atoms with E-state index in [1.807, 2.05) is 24.3 Å². The van der Waals surface area contributed by atoms with E-state index in [2.05, 4.69) is 42.2 Å². The number of ether oxygens (including phenoxy) is 1. The first kappa shape index (κ1) is 20.8. The van der Waals surface area contributed by atoms with E-state index >= 15 is 0 Å². The van der Waals surface area contributed by atoms with Gasteiger partial charge in [-0.05, 0) is 37.2 Å². The molecule has 8 nitrogen and oxygen atoms in total. The molecule has 2 atom stereocenters. The number of benzene rings is 1. The maximum atomic E-state index is 14.8. The van der Waals surface area contributed by atoms with Gasteiger partial charge in [0, 0.05) is 24.1 Å². The van der Waals surface area contributed by atoms with Crippen LogP contribution in [0, 0.1) is 6.57 Å². The minimum atomic E-state index is -0.887. The Hall–Kier alpha value is -3.51. The molecule has 1 aliphatic rings. The van der Waals surface area contributed by atoms with Crippen molar-refractivity contribution in [3.63, 3.8) is 0 Å². The molecule has 0 amide bonds. The molecule has 3 aromatic rings. The normalized spacial score (nSPS) is 19.0. The average molecular weight is 421 g/mol. The van der Waals surface area contributed by atoms with Crippen molar-refractivity contribution in [3.05, 3.63) is 53.6 Å². The summed E-state index contributed by atoms with van der Waals surface area (Å²) < 4.78 is 20.4. The highest BCUT2D eigenvalue weighted by molar-refractivity contribution is 5.71. The molecule has 1 saturated heterocycles. The average Bonchev–Trinajstić information content (AvgIpc) is 3.27. The molecule has 31 heavy (non-hydrogen) atoms. The smallest absolute Gasteiger partial charge is 0.288 e. The van der Waals surface area contributed by atoms with E-state index in [0.29, 0.717) is 23.9 Å². The Morgan fingerprint density at radius 3 is 2.84 bits per heavy atom. The minimum absolute atomic E-state index is 0.123.